The number of aromatic nitrogens is 2. The average molecular weight is 1290 g/mol. The van der Waals surface area contributed by atoms with Crippen LogP contribution in [0, 0.1) is 0 Å². The fraction of sp³-hybridized carbons (Fsp3) is 0.531. The minimum absolute atomic E-state index is 0.00632. The third-order valence-corrected chi connectivity index (χ3v) is 19.9. The lowest BCUT2D eigenvalue weighted by Crippen LogP contribution is -2.65. The molecule has 24 heteroatoms. The van der Waals surface area contributed by atoms with Crippen molar-refractivity contribution in [3.63, 3.8) is 0 Å². The lowest BCUT2D eigenvalue weighted by atomic mass is 10.0. The van der Waals surface area contributed by atoms with Gasteiger partial charge >= 0.3 is 0 Å². The molecule has 7 aliphatic rings. The summed E-state index contributed by atoms with van der Waals surface area (Å²) in [5, 5.41) is 6.18. The molecule has 88 heavy (non-hydrogen) atoms. The van der Waals surface area contributed by atoms with Crippen molar-refractivity contribution in [2.24, 2.45) is 0 Å². The molecular formula is C64H85Cl4N13O7. The average Bonchev–Trinajstić information content (AvgIpc) is 1.94. The lowest BCUT2D eigenvalue weighted by molar-refractivity contribution is -0.137. The summed E-state index contributed by atoms with van der Waals surface area (Å²) in [7, 11) is 3.30. The number of benzene rings is 2. The Hall–Kier alpha value is -6.10. The van der Waals surface area contributed by atoms with Gasteiger partial charge in [0.05, 0.1) is 47.0 Å². The van der Waals surface area contributed by atoms with Gasteiger partial charge in [0, 0.05) is 190 Å². The number of piperazine rings is 3. The highest BCUT2D eigenvalue weighted by molar-refractivity contribution is 6.45. The minimum Gasteiger partial charge on any atom is -0.495 e. The summed E-state index contributed by atoms with van der Waals surface area (Å²) < 4.78 is 13.0. The zero-order valence-corrected chi connectivity index (χ0v) is 54.3. The standard InChI is InChI=1S/C24H35ClN4O2.C21H24Cl2N4O3.C19H26ClN5O2/c1-4-18-13-22(23(31-3)14-21(18)25)28-8-6-7-19(15-28)26-9-11-27(12-10-26)20-16-29(17-20)24(30)5-2;1-3-18(28)27-11-14(12-27)24-6-8-25(9-7-24)19(29)13-26-5-4-15-20(23)16(22)10-17(30-2)21(15)26;1-3-14-9-17(21-10-16(14)20)22-11-19(27)24-7-5-23(6-8-24)15-12-25(13-15)18(26)4-2/h5,13-14,19-20H,2,4,6-12,15-17H2,1,3H3;3-5,10,14H,1,6-9,11-13H2,2H3;4,9-10,15H,2-3,5-8,11-13H2,1H3,(H,21,22). The van der Waals surface area contributed by atoms with E-state index >= 15 is 0 Å². The number of pyridine rings is 1. The number of likely N-dealkylation sites (tertiary alicyclic amines) is 3. The highest BCUT2D eigenvalue weighted by Crippen LogP contribution is 2.39. The Labute approximate surface area is 538 Å². The van der Waals surface area contributed by atoms with Crippen LogP contribution in [-0.4, -0.2) is 259 Å². The van der Waals surface area contributed by atoms with Gasteiger partial charge in [-0.2, -0.15) is 0 Å². The molecule has 9 heterocycles. The number of hydrogen-bond acceptors (Lipinski definition) is 14. The summed E-state index contributed by atoms with van der Waals surface area (Å²) in [5.41, 5.74) is 4.13. The number of rotatable bonds is 17. The summed E-state index contributed by atoms with van der Waals surface area (Å²) in [4.78, 5) is 86.1. The Bertz CT molecular complexity index is 3160. The smallest absolute Gasteiger partial charge is 0.246 e. The van der Waals surface area contributed by atoms with Crippen molar-refractivity contribution < 1.29 is 33.4 Å². The van der Waals surface area contributed by atoms with Gasteiger partial charge in [-0.1, -0.05) is 80.0 Å². The number of carbonyl (C=O) groups excluding carboxylic acids is 5. The minimum atomic E-state index is -0.0177. The Kier molecular flexibility index (Phi) is 23.1. The Balaban J connectivity index is 0.000000158. The normalized spacial score (nSPS) is 19.9. The molecular weight excluding hydrogens is 1200 g/mol. The second-order valence-corrected chi connectivity index (χ2v) is 25.0. The van der Waals surface area contributed by atoms with E-state index in [4.69, 9.17) is 55.9 Å². The molecule has 0 aliphatic carbocycles. The van der Waals surface area contributed by atoms with Gasteiger partial charge < -0.3 is 48.8 Å². The molecule has 0 radical (unpaired) electrons. The molecule has 476 valence electrons. The summed E-state index contributed by atoms with van der Waals surface area (Å²) in [5.74, 6) is 2.29. The Morgan fingerprint density at radius 3 is 1.52 bits per heavy atom. The summed E-state index contributed by atoms with van der Waals surface area (Å²) in [6, 6.07) is 11.5. The molecule has 7 aliphatic heterocycles. The third kappa shape index (κ3) is 15.5. The number of nitrogens with one attached hydrogen (secondary N) is 1. The van der Waals surface area contributed by atoms with Crippen LogP contribution in [0.15, 0.2) is 80.7 Å². The van der Waals surface area contributed by atoms with Crippen LogP contribution in [0.25, 0.3) is 10.9 Å². The number of halogens is 4. The van der Waals surface area contributed by atoms with Crippen LogP contribution in [0.4, 0.5) is 11.5 Å². The van der Waals surface area contributed by atoms with E-state index in [9.17, 15) is 24.0 Å². The maximum absolute atomic E-state index is 12.9. The number of hydrogen-bond donors (Lipinski definition) is 1. The van der Waals surface area contributed by atoms with Gasteiger partial charge in [-0.3, -0.25) is 43.6 Å². The number of amides is 5. The first kappa shape index (κ1) is 66.3. The number of anilines is 2. The quantitative estimate of drug-likeness (QED) is 0.112. The van der Waals surface area contributed by atoms with Crippen molar-refractivity contribution >= 4 is 98.3 Å². The Morgan fingerprint density at radius 2 is 1.03 bits per heavy atom. The van der Waals surface area contributed by atoms with Crippen molar-refractivity contribution in [3.05, 3.63) is 112 Å². The second-order valence-electron chi connectivity index (χ2n) is 23.4. The van der Waals surface area contributed by atoms with Crippen molar-refractivity contribution in [1.29, 1.82) is 0 Å². The molecule has 1 unspecified atom stereocenters. The number of piperidine rings is 1. The largest absolute Gasteiger partial charge is 0.495 e. The van der Waals surface area contributed by atoms with Crippen molar-refractivity contribution in [1.82, 2.24) is 53.7 Å². The first-order chi connectivity index (χ1) is 42.5. The summed E-state index contributed by atoms with van der Waals surface area (Å²) in [6.45, 7) is 32.4. The number of carbonyl (C=O) groups is 5. The second kappa shape index (κ2) is 30.6. The fourth-order valence-electron chi connectivity index (χ4n) is 12.8. The zero-order chi connectivity index (χ0) is 62.8. The molecule has 0 spiro atoms. The van der Waals surface area contributed by atoms with E-state index in [0.29, 0.717) is 77.0 Å². The zero-order valence-electron chi connectivity index (χ0n) is 51.3. The lowest BCUT2D eigenvalue weighted by Gasteiger charge is -2.50. The van der Waals surface area contributed by atoms with Crippen LogP contribution in [-0.2, 0) is 43.4 Å². The van der Waals surface area contributed by atoms with E-state index < -0.39 is 0 Å². The van der Waals surface area contributed by atoms with Crippen LogP contribution >= 0.6 is 46.4 Å². The number of methoxy groups -OCH3 is 2. The van der Waals surface area contributed by atoms with Crippen LogP contribution in [0.1, 0.15) is 37.8 Å². The molecule has 2 aromatic heterocycles. The highest BCUT2D eigenvalue weighted by Gasteiger charge is 2.39. The van der Waals surface area contributed by atoms with E-state index in [1.54, 1.807) is 36.3 Å². The molecule has 2 aromatic carbocycles. The van der Waals surface area contributed by atoms with E-state index in [1.807, 2.05) is 50.6 Å². The number of fused-ring (bicyclic) bond motifs is 1. The highest BCUT2D eigenvalue weighted by atomic mass is 35.5. The summed E-state index contributed by atoms with van der Waals surface area (Å²) >= 11 is 25.0. The van der Waals surface area contributed by atoms with E-state index in [-0.39, 0.29) is 42.6 Å². The molecule has 4 aromatic rings. The predicted molar refractivity (Wildman–Crippen MR) is 349 cm³/mol. The fourth-order valence-corrected chi connectivity index (χ4v) is 13.8. The van der Waals surface area contributed by atoms with Crippen LogP contribution in [0.2, 0.25) is 20.1 Å². The van der Waals surface area contributed by atoms with E-state index in [0.717, 1.165) is 145 Å². The SMILES string of the molecule is C=CC(=O)N1CC(N2CCN(C(=O)CNc3cc(CC)c(Cl)cn3)CC2)C1.C=CC(=O)N1CC(N2CCN(C(=O)Cn3ccc4c(Cl)c(Cl)cc(OC)c43)CC2)C1.C=CC(=O)N1CC(N2CCN(C3CCCN(c4cc(CC)c(Cl)cc4OC)C3)CC2)C1. The first-order valence-electron chi connectivity index (χ1n) is 30.7. The Morgan fingerprint density at radius 1 is 0.568 bits per heavy atom. The van der Waals surface area contributed by atoms with Crippen LogP contribution < -0.4 is 19.7 Å². The predicted octanol–water partition coefficient (Wildman–Crippen LogP) is 6.64. The summed E-state index contributed by atoms with van der Waals surface area (Å²) in [6.07, 6.45) is 11.8. The molecule has 7 saturated heterocycles. The monoisotopic (exact) mass is 1290 g/mol. The van der Waals surface area contributed by atoms with Crippen molar-refractivity contribution in [3.8, 4) is 11.5 Å². The van der Waals surface area contributed by atoms with Crippen LogP contribution in [0.5, 0.6) is 11.5 Å². The number of aryl methyl sites for hydroxylation is 2. The van der Waals surface area contributed by atoms with Gasteiger partial charge in [0.1, 0.15) is 23.9 Å². The molecule has 0 bridgehead atoms. The molecule has 7 fully saturated rings. The van der Waals surface area contributed by atoms with Crippen LogP contribution in [0.3, 0.4) is 0 Å². The van der Waals surface area contributed by atoms with Crippen molar-refractivity contribution in [2.45, 2.75) is 70.2 Å². The van der Waals surface area contributed by atoms with Gasteiger partial charge in [0.15, 0.2) is 0 Å². The van der Waals surface area contributed by atoms with Gasteiger partial charge in [-0.25, -0.2) is 4.98 Å². The molecule has 20 nitrogen and oxygen atoms in total. The molecule has 5 amide bonds. The maximum Gasteiger partial charge on any atom is 0.246 e. The van der Waals surface area contributed by atoms with E-state index in [2.05, 4.69) is 67.5 Å². The molecule has 11 rings (SSSR count). The number of ether oxygens (including phenoxy) is 2. The molecule has 1 N–H and O–H groups in total. The third-order valence-electron chi connectivity index (χ3n) is 18.4. The first-order valence-corrected chi connectivity index (χ1v) is 32.3. The topological polar surface area (TPSA) is 166 Å². The number of nitrogens with zero attached hydrogens (tertiary/aromatic N) is 12. The maximum atomic E-state index is 12.9. The molecule has 0 saturated carbocycles. The molecule has 1 atom stereocenters. The van der Waals surface area contributed by atoms with Gasteiger partial charge in [-0.15, -0.1) is 0 Å². The van der Waals surface area contributed by atoms with E-state index in [1.165, 1.54) is 42.3 Å². The van der Waals surface area contributed by atoms with Gasteiger partial charge in [0.2, 0.25) is 29.5 Å². The van der Waals surface area contributed by atoms with Gasteiger partial charge in [0.25, 0.3) is 0 Å². The van der Waals surface area contributed by atoms with Crippen molar-refractivity contribution in [2.75, 3.05) is 162 Å². The van der Waals surface area contributed by atoms with Gasteiger partial charge in [-0.05, 0) is 73.2 Å².